The van der Waals surface area contributed by atoms with Crippen LogP contribution in [0.4, 0.5) is 0 Å². The Morgan fingerprint density at radius 2 is 2.00 bits per heavy atom. The summed E-state index contributed by atoms with van der Waals surface area (Å²) in [5, 5.41) is 0. The van der Waals surface area contributed by atoms with Gasteiger partial charge in [0.15, 0.2) is 4.75 Å². The van der Waals surface area contributed by atoms with Crippen LogP contribution in [0, 0.1) is 0 Å². The van der Waals surface area contributed by atoms with Gasteiger partial charge in [0.2, 0.25) is 0 Å². The van der Waals surface area contributed by atoms with Gasteiger partial charge in [0.25, 0.3) is 15.9 Å². The maximum Gasteiger partial charge on any atom is 0.259 e. The second kappa shape index (κ2) is 4.49. The van der Waals surface area contributed by atoms with E-state index >= 15 is 0 Å². The molecule has 0 aliphatic carbocycles. The van der Waals surface area contributed by atoms with Crippen molar-refractivity contribution in [2.45, 2.75) is 25.1 Å². The fraction of sp³-hybridized carbons (Fsp3) is 0.417. The van der Waals surface area contributed by atoms with E-state index in [0.29, 0.717) is 5.75 Å². The highest BCUT2D eigenvalue weighted by molar-refractivity contribution is 9.10. The number of benzene rings is 1. The number of nitrogens with zero attached hydrogens (tertiary/aromatic N) is 1. The second-order valence-corrected chi connectivity index (χ2v) is 8.06. The number of hydrogen-bond donors (Lipinski definition) is 0. The summed E-state index contributed by atoms with van der Waals surface area (Å²) in [7, 11) is -1.99. The number of methoxy groups -OCH3 is 1. The molecule has 2 rings (SSSR count). The van der Waals surface area contributed by atoms with E-state index in [9.17, 15) is 13.2 Å². The van der Waals surface area contributed by atoms with Gasteiger partial charge in [-0.3, -0.25) is 4.79 Å². The molecule has 0 unspecified atom stereocenters. The van der Waals surface area contributed by atoms with E-state index < -0.39 is 14.8 Å². The first-order valence-electron chi connectivity index (χ1n) is 5.61. The molecule has 0 saturated carbocycles. The Balaban J connectivity index is 2.25. The van der Waals surface area contributed by atoms with Crippen LogP contribution < -0.4 is 4.74 Å². The number of amides is 1. The third-order valence-corrected chi connectivity index (χ3v) is 6.18. The van der Waals surface area contributed by atoms with Crippen molar-refractivity contribution in [3.8, 4) is 5.75 Å². The van der Waals surface area contributed by atoms with Crippen LogP contribution in [0.25, 0.3) is 0 Å². The van der Waals surface area contributed by atoms with Gasteiger partial charge in [-0.05, 0) is 47.5 Å². The van der Waals surface area contributed by atoms with Crippen LogP contribution in [-0.2, 0) is 21.4 Å². The molecule has 1 fully saturated rings. The fourth-order valence-electron chi connectivity index (χ4n) is 1.89. The van der Waals surface area contributed by atoms with Crippen molar-refractivity contribution in [3.63, 3.8) is 0 Å². The van der Waals surface area contributed by atoms with Crippen LogP contribution in [-0.4, -0.2) is 30.5 Å². The molecule has 0 N–H and O–H groups in total. The molecule has 0 radical (unpaired) electrons. The third kappa shape index (κ3) is 2.04. The summed E-state index contributed by atoms with van der Waals surface area (Å²) in [6, 6.07) is 5.20. The van der Waals surface area contributed by atoms with Gasteiger partial charge in [0.05, 0.1) is 18.1 Å². The van der Waals surface area contributed by atoms with Gasteiger partial charge in [0, 0.05) is 0 Å². The molecule has 5 nitrogen and oxygen atoms in total. The second-order valence-electron chi connectivity index (χ2n) is 4.80. The standard InChI is InChI=1S/C12H14BrNO4S/c1-12(2)11(15)14(19(12,16)17)7-8-4-5-10(18-3)9(13)6-8/h4-6H,7H2,1-3H3. The van der Waals surface area contributed by atoms with Crippen LogP contribution in [0.15, 0.2) is 22.7 Å². The lowest BCUT2D eigenvalue weighted by Gasteiger charge is -2.43. The average molecular weight is 348 g/mol. The molecule has 1 saturated heterocycles. The van der Waals surface area contributed by atoms with E-state index in [2.05, 4.69) is 15.9 Å². The van der Waals surface area contributed by atoms with E-state index in [-0.39, 0.29) is 12.5 Å². The molecular formula is C12H14BrNO4S. The number of halogens is 1. The Labute approximate surface area is 120 Å². The summed E-state index contributed by atoms with van der Waals surface area (Å²) in [6.45, 7) is 2.89. The van der Waals surface area contributed by atoms with Crippen LogP contribution in [0.3, 0.4) is 0 Å². The van der Waals surface area contributed by atoms with E-state index in [1.165, 1.54) is 13.8 Å². The van der Waals surface area contributed by atoms with Gasteiger partial charge in [-0.1, -0.05) is 6.07 Å². The zero-order valence-corrected chi connectivity index (χ0v) is 13.2. The topological polar surface area (TPSA) is 63.7 Å². The largest absolute Gasteiger partial charge is 0.496 e. The van der Waals surface area contributed by atoms with Crippen molar-refractivity contribution in [2.75, 3.05) is 7.11 Å². The Morgan fingerprint density at radius 3 is 2.47 bits per heavy atom. The van der Waals surface area contributed by atoms with Gasteiger partial charge < -0.3 is 4.74 Å². The molecule has 0 bridgehead atoms. The first-order valence-corrected chi connectivity index (χ1v) is 7.84. The number of carbonyl (C=O) groups excluding carboxylic acids is 1. The lowest BCUT2D eigenvalue weighted by Crippen LogP contribution is -2.66. The highest BCUT2D eigenvalue weighted by Crippen LogP contribution is 2.36. The number of ether oxygens (including phenoxy) is 1. The zero-order chi connectivity index (χ0) is 14.4. The molecule has 104 valence electrons. The Hall–Kier alpha value is -1.08. The monoisotopic (exact) mass is 347 g/mol. The van der Waals surface area contributed by atoms with Crippen LogP contribution >= 0.6 is 15.9 Å². The molecule has 7 heteroatoms. The van der Waals surface area contributed by atoms with E-state index in [1.54, 1.807) is 25.3 Å². The average Bonchev–Trinajstić information content (AvgIpc) is 2.35. The van der Waals surface area contributed by atoms with E-state index in [1.807, 2.05) is 0 Å². The minimum Gasteiger partial charge on any atom is -0.496 e. The van der Waals surface area contributed by atoms with E-state index in [4.69, 9.17) is 4.74 Å². The zero-order valence-electron chi connectivity index (χ0n) is 10.8. The Morgan fingerprint density at radius 1 is 1.37 bits per heavy atom. The molecule has 19 heavy (non-hydrogen) atoms. The van der Waals surface area contributed by atoms with Crippen molar-refractivity contribution >= 4 is 31.9 Å². The summed E-state index contributed by atoms with van der Waals surface area (Å²) in [6.07, 6.45) is 0. The predicted molar refractivity (Wildman–Crippen MR) is 74.2 cm³/mol. The Kier molecular flexibility index (Phi) is 3.38. The maximum atomic E-state index is 12.0. The summed E-state index contributed by atoms with van der Waals surface area (Å²) < 4.78 is 29.3. The molecule has 1 heterocycles. The van der Waals surface area contributed by atoms with Gasteiger partial charge in [-0.25, -0.2) is 12.7 Å². The number of rotatable bonds is 3. The lowest BCUT2D eigenvalue weighted by atomic mass is 10.1. The molecule has 0 atom stereocenters. The Bertz CT molecular complexity index is 639. The number of sulfonamides is 1. The van der Waals surface area contributed by atoms with Crippen molar-refractivity contribution < 1.29 is 17.9 Å². The summed E-state index contributed by atoms with van der Waals surface area (Å²) in [4.78, 5) is 11.8. The maximum absolute atomic E-state index is 12.0. The molecule has 1 aliphatic heterocycles. The van der Waals surface area contributed by atoms with Gasteiger partial charge in [-0.15, -0.1) is 0 Å². The van der Waals surface area contributed by atoms with Crippen LogP contribution in [0.5, 0.6) is 5.75 Å². The van der Waals surface area contributed by atoms with Gasteiger partial charge >= 0.3 is 0 Å². The fourth-order valence-corrected chi connectivity index (χ4v) is 3.99. The van der Waals surface area contributed by atoms with Crippen molar-refractivity contribution in [1.82, 2.24) is 4.31 Å². The van der Waals surface area contributed by atoms with Crippen LogP contribution in [0.2, 0.25) is 0 Å². The molecule has 1 aromatic carbocycles. The van der Waals surface area contributed by atoms with Crippen LogP contribution in [0.1, 0.15) is 19.4 Å². The highest BCUT2D eigenvalue weighted by Gasteiger charge is 2.59. The predicted octanol–water partition coefficient (Wildman–Crippen LogP) is 1.91. The van der Waals surface area contributed by atoms with E-state index in [0.717, 1.165) is 14.3 Å². The molecule has 0 spiro atoms. The summed E-state index contributed by atoms with van der Waals surface area (Å²) >= 11 is 3.33. The molecule has 1 aromatic rings. The van der Waals surface area contributed by atoms with Gasteiger partial charge in [0.1, 0.15) is 5.75 Å². The third-order valence-electron chi connectivity index (χ3n) is 3.22. The minimum absolute atomic E-state index is 0.0488. The summed E-state index contributed by atoms with van der Waals surface area (Å²) in [5.41, 5.74) is 0.722. The smallest absolute Gasteiger partial charge is 0.259 e. The number of carbonyl (C=O) groups is 1. The summed E-state index contributed by atoms with van der Waals surface area (Å²) in [5.74, 6) is 0.279. The normalized spacial score (nSPS) is 20.0. The highest BCUT2D eigenvalue weighted by atomic mass is 79.9. The first-order chi connectivity index (χ1) is 8.71. The minimum atomic E-state index is -3.54. The lowest BCUT2D eigenvalue weighted by molar-refractivity contribution is -0.132. The molecule has 0 aromatic heterocycles. The van der Waals surface area contributed by atoms with Crippen molar-refractivity contribution in [1.29, 1.82) is 0 Å². The molecular weight excluding hydrogens is 334 g/mol. The number of hydrogen-bond acceptors (Lipinski definition) is 4. The first kappa shape index (κ1) is 14.3. The molecule has 1 amide bonds. The van der Waals surface area contributed by atoms with Gasteiger partial charge in [-0.2, -0.15) is 0 Å². The van der Waals surface area contributed by atoms with Crippen molar-refractivity contribution in [3.05, 3.63) is 28.2 Å². The quantitative estimate of drug-likeness (QED) is 0.837. The molecule has 1 aliphatic rings. The van der Waals surface area contributed by atoms with Crippen molar-refractivity contribution in [2.24, 2.45) is 0 Å². The SMILES string of the molecule is COc1ccc(CN2C(=O)C(C)(C)S2(=O)=O)cc1Br.